The van der Waals surface area contributed by atoms with Crippen LogP contribution in [0.1, 0.15) is 27.2 Å². The fraction of sp³-hybridized carbons (Fsp3) is 0.533. The maximum absolute atomic E-state index is 12.0. The average Bonchev–Trinajstić information content (AvgIpc) is 2.37. The Morgan fingerprint density at radius 1 is 1.35 bits per heavy atom. The van der Waals surface area contributed by atoms with Gasteiger partial charge in [0, 0.05) is 18.8 Å². The third-order valence-electron chi connectivity index (χ3n) is 2.78. The van der Waals surface area contributed by atoms with Gasteiger partial charge in [-0.1, -0.05) is 0 Å². The Labute approximate surface area is 120 Å². The second-order valence-electron chi connectivity index (χ2n) is 5.39. The molecule has 0 saturated carbocycles. The van der Waals surface area contributed by atoms with Gasteiger partial charge < -0.3 is 20.5 Å². The summed E-state index contributed by atoms with van der Waals surface area (Å²) in [7, 11) is 0. The van der Waals surface area contributed by atoms with Crippen molar-refractivity contribution in [1.29, 1.82) is 0 Å². The van der Waals surface area contributed by atoms with Crippen molar-refractivity contribution in [2.45, 2.75) is 32.8 Å². The van der Waals surface area contributed by atoms with Crippen molar-refractivity contribution in [2.75, 3.05) is 25.4 Å². The number of likely N-dealkylation sites (N-methyl/N-ethyl adjacent to an activating group) is 1. The van der Waals surface area contributed by atoms with E-state index in [9.17, 15) is 9.90 Å². The molecule has 1 amide bonds. The Balaban J connectivity index is 2.40. The first kappa shape index (κ1) is 16.3. The monoisotopic (exact) mass is 280 g/mol. The number of rotatable bonds is 7. The molecule has 1 aromatic carbocycles. The van der Waals surface area contributed by atoms with Gasteiger partial charge in [-0.2, -0.15) is 0 Å². The number of carbonyl (C=O) groups excluding carboxylic acids is 1. The number of amides is 1. The zero-order chi connectivity index (χ0) is 15.2. The van der Waals surface area contributed by atoms with Gasteiger partial charge in [0.2, 0.25) is 5.91 Å². The highest BCUT2D eigenvalue weighted by Crippen LogP contribution is 2.13. The molecule has 0 fully saturated rings. The van der Waals surface area contributed by atoms with Gasteiger partial charge in [-0.05, 0) is 45.0 Å². The van der Waals surface area contributed by atoms with Gasteiger partial charge in [0.05, 0.1) is 18.6 Å². The minimum absolute atomic E-state index is 0.0231. The molecule has 3 N–H and O–H groups in total. The van der Waals surface area contributed by atoms with Crippen LogP contribution in [0.2, 0.25) is 0 Å². The summed E-state index contributed by atoms with van der Waals surface area (Å²) in [4.78, 5) is 13.6. The first-order chi connectivity index (χ1) is 9.31. The van der Waals surface area contributed by atoms with Gasteiger partial charge in [-0.25, -0.2) is 0 Å². The first-order valence-electron chi connectivity index (χ1n) is 6.80. The molecule has 0 saturated heterocycles. The molecule has 1 aromatic rings. The van der Waals surface area contributed by atoms with Crippen molar-refractivity contribution in [2.24, 2.45) is 0 Å². The molecule has 0 spiro atoms. The molecule has 5 nitrogen and oxygen atoms in total. The predicted octanol–water partition coefficient (Wildman–Crippen LogP) is 1.66. The van der Waals surface area contributed by atoms with Gasteiger partial charge in [0.25, 0.3) is 0 Å². The number of ether oxygens (including phenoxy) is 1. The topological polar surface area (TPSA) is 75.8 Å². The Morgan fingerprint density at radius 3 is 2.45 bits per heavy atom. The molecule has 0 aliphatic rings. The molecular formula is C15H24N2O3. The van der Waals surface area contributed by atoms with Crippen LogP contribution in [-0.4, -0.2) is 41.2 Å². The zero-order valence-corrected chi connectivity index (χ0v) is 12.4. The van der Waals surface area contributed by atoms with Gasteiger partial charge in [0.1, 0.15) is 5.75 Å². The van der Waals surface area contributed by atoms with Gasteiger partial charge in [0.15, 0.2) is 0 Å². The minimum Gasteiger partial charge on any atom is -0.493 e. The van der Waals surface area contributed by atoms with Gasteiger partial charge >= 0.3 is 0 Å². The molecule has 0 heterocycles. The van der Waals surface area contributed by atoms with Gasteiger partial charge in [-0.3, -0.25) is 4.79 Å². The molecule has 0 unspecified atom stereocenters. The summed E-state index contributed by atoms with van der Waals surface area (Å²) in [5, 5.41) is 9.76. The van der Waals surface area contributed by atoms with E-state index in [1.807, 2.05) is 6.92 Å². The molecule has 0 aromatic heterocycles. The summed E-state index contributed by atoms with van der Waals surface area (Å²) in [5.74, 6) is 0.669. The third-order valence-corrected chi connectivity index (χ3v) is 2.78. The lowest BCUT2D eigenvalue weighted by molar-refractivity contribution is -0.134. The van der Waals surface area contributed by atoms with Crippen LogP contribution in [0.25, 0.3) is 0 Å². The van der Waals surface area contributed by atoms with Crippen LogP contribution in [0.15, 0.2) is 24.3 Å². The Hall–Kier alpha value is -1.75. The van der Waals surface area contributed by atoms with Crippen LogP contribution >= 0.6 is 0 Å². The SMILES string of the molecule is CCN(CC(C)(C)O)C(=O)CCOc1ccc(N)cc1. The summed E-state index contributed by atoms with van der Waals surface area (Å²) in [6.07, 6.45) is 0.286. The highest BCUT2D eigenvalue weighted by Gasteiger charge is 2.20. The maximum atomic E-state index is 12.0. The van der Waals surface area contributed by atoms with E-state index >= 15 is 0 Å². The normalized spacial score (nSPS) is 11.2. The van der Waals surface area contributed by atoms with Crippen molar-refractivity contribution in [1.82, 2.24) is 4.90 Å². The molecule has 0 radical (unpaired) electrons. The van der Waals surface area contributed by atoms with Crippen molar-refractivity contribution in [3.8, 4) is 5.75 Å². The summed E-state index contributed by atoms with van der Waals surface area (Å²) in [6.45, 7) is 6.48. The lowest BCUT2D eigenvalue weighted by Gasteiger charge is -2.28. The predicted molar refractivity (Wildman–Crippen MR) is 79.5 cm³/mol. The molecule has 0 aliphatic carbocycles. The Kier molecular flexibility index (Phi) is 5.82. The van der Waals surface area contributed by atoms with Crippen LogP contribution in [0.4, 0.5) is 5.69 Å². The van der Waals surface area contributed by atoms with E-state index in [1.54, 1.807) is 43.0 Å². The first-order valence-corrected chi connectivity index (χ1v) is 6.80. The molecule has 1 rings (SSSR count). The maximum Gasteiger partial charge on any atom is 0.226 e. The second-order valence-corrected chi connectivity index (χ2v) is 5.39. The van der Waals surface area contributed by atoms with Crippen LogP contribution < -0.4 is 10.5 Å². The summed E-state index contributed by atoms with van der Waals surface area (Å²) in [5.41, 5.74) is 5.37. The molecule has 5 heteroatoms. The second kappa shape index (κ2) is 7.14. The van der Waals surface area contributed by atoms with E-state index in [0.29, 0.717) is 31.1 Å². The van der Waals surface area contributed by atoms with Crippen molar-refractivity contribution >= 4 is 11.6 Å². The number of anilines is 1. The molecule has 112 valence electrons. The fourth-order valence-electron chi connectivity index (χ4n) is 1.82. The van der Waals surface area contributed by atoms with E-state index in [0.717, 1.165) is 0 Å². The molecule has 0 bridgehead atoms. The Morgan fingerprint density at radius 2 is 1.95 bits per heavy atom. The fourth-order valence-corrected chi connectivity index (χ4v) is 1.82. The van der Waals surface area contributed by atoms with E-state index in [1.165, 1.54) is 0 Å². The highest BCUT2D eigenvalue weighted by molar-refractivity contribution is 5.76. The van der Waals surface area contributed by atoms with Crippen molar-refractivity contribution in [3.63, 3.8) is 0 Å². The standard InChI is InChI=1S/C15H24N2O3/c1-4-17(11-15(2,3)19)14(18)9-10-20-13-7-5-12(16)6-8-13/h5-8,19H,4,9-11,16H2,1-3H3. The zero-order valence-electron chi connectivity index (χ0n) is 12.4. The van der Waals surface area contributed by atoms with Gasteiger partial charge in [-0.15, -0.1) is 0 Å². The number of hydrogen-bond acceptors (Lipinski definition) is 4. The highest BCUT2D eigenvalue weighted by atomic mass is 16.5. The summed E-state index contributed by atoms with van der Waals surface area (Å²) in [6, 6.07) is 7.05. The quantitative estimate of drug-likeness (QED) is 0.745. The largest absolute Gasteiger partial charge is 0.493 e. The lowest BCUT2D eigenvalue weighted by Crippen LogP contribution is -2.42. The van der Waals surface area contributed by atoms with E-state index < -0.39 is 5.60 Å². The van der Waals surface area contributed by atoms with Crippen LogP contribution in [0, 0.1) is 0 Å². The van der Waals surface area contributed by atoms with E-state index in [-0.39, 0.29) is 12.3 Å². The van der Waals surface area contributed by atoms with E-state index in [4.69, 9.17) is 10.5 Å². The van der Waals surface area contributed by atoms with E-state index in [2.05, 4.69) is 0 Å². The Bertz CT molecular complexity index is 424. The number of nitrogens with zero attached hydrogens (tertiary/aromatic N) is 1. The minimum atomic E-state index is -0.885. The number of nitrogen functional groups attached to an aromatic ring is 1. The molecule has 0 aliphatic heterocycles. The lowest BCUT2D eigenvalue weighted by atomic mass is 10.1. The van der Waals surface area contributed by atoms with Crippen LogP contribution in [0.3, 0.4) is 0 Å². The number of carbonyl (C=O) groups is 1. The smallest absolute Gasteiger partial charge is 0.226 e. The van der Waals surface area contributed by atoms with Crippen LogP contribution in [0.5, 0.6) is 5.75 Å². The van der Waals surface area contributed by atoms with Crippen molar-refractivity contribution < 1.29 is 14.6 Å². The third kappa shape index (κ3) is 5.93. The van der Waals surface area contributed by atoms with Crippen molar-refractivity contribution in [3.05, 3.63) is 24.3 Å². The molecule has 20 heavy (non-hydrogen) atoms. The number of hydrogen-bond donors (Lipinski definition) is 2. The average molecular weight is 280 g/mol. The molecule has 0 atom stereocenters. The summed E-state index contributed by atoms with van der Waals surface area (Å²) >= 11 is 0. The van der Waals surface area contributed by atoms with Crippen LogP contribution in [-0.2, 0) is 4.79 Å². The summed E-state index contributed by atoms with van der Waals surface area (Å²) < 4.78 is 5.49. The number of benzene rings is 1. The number of aliphatic hydroxyl groups is 1. The molecular weight excluding hydrogens is 256 g/mol. The number of nitrogens with two attached hydrogens (primary N) is 1.